The molecule has 0 fully saturated rings. The Labute approximate surface area is 126 Å². The summed E-state index contributed by atoms with van der Waals surface area (Å²) in [4.78, 5) is 14.4. The van der Waals surface area contributed by atoms with E-state index in [1.165, 1.54) is 5.56 Å². The van der Waals surface area contributed by atoms with Gasteiger partial charge in [0.05, 0.1) is 5.69 Å². The Morgan fingerprint density at radius 1 is 1.20 bits per heavy atom. The lowest BCUT2D eigenvalue weighted by molar-refractivity contribution is 0.256. The summed E-state index contributed by atoms with van der Waals surface area (Å²) in [5.41, 5.74) is 3.01. The van der Waals surface area contributed by atoms with Crippen LogP contribution in [0.25, 0.3) is 0 Å². The highest BCUT2D eigenvalue weighted by Crippen LogP contribution is 2.32. The second-order valence-electron chi connectivity index (χ2n) is 4.96. The Morgan fingerprint density at radius 3 is 2.70 bits per heavy atom. The molecule has 1 heterocycles. The van der Waals surface area contributed by atoms with Crippen LogP contribution in [0, 0.1) is 0 Å². The lowest BCUT2D eigenvalue weighted by Crippen LogP contribution is -2.39. The minimum Gasteiger partial charge on any atom is -0.306 e. The summed E-state index contributed by atoms with van der Waals surface area (Å²) in [6.45, 7) is 2.07. The van der Waals surface area contributed by atoms with Gasteiger partial charge in [-0.15, -0.1) is 0 Å². The van der Waals surface area contributed by atoms with Crippen LogP contribution in [0.5, 0.6) is 0 Å². The summed E-state index contributed by atoms with van der Waals surface area (Å²) in [5.74, 6) is 0. The second kappa shape index (κ2) is 5.29. The van der Waals surface area contributed by atoms with Gasteiger partial charge in [0.1, 0.15) is 0 Å². The van der Waals surface area contributed by atoms with Gasteiger partial charge in [0, 0.05) is 16.2 Å². The van der Waals surface area contributed by atoms with E-state index < -0.39 is 0 Å². The smallest absolute Gasteiger partial charge is 0.306 e. The van der Waals surface area contributed by atoms with Crippen molar-refractivity contribution in [1.29, 1.82) is 0 Å². The molecule has 4 heteroatoms. The minimum absolute atomic E-state index is 0.0886. The van der Waals surface area contributed by atoms with Crippen LogP contribution in [0.15, 0.2) is 53.0 Å². The van der Waals surface area contributed by atoms with Gasteiger partial charge in [-0.1, -0.05) is 30.3 Å². The van der Waals surface area contributed by atoms with Gasteiger partial charge >= 0.3 is 6.03 Å². The van der Waals surface area contributed by atoms with E-state index >= 15 is 0 Å². The van der Waals surface area contributed by atoms with Crippen molar-refractivity contribution < 1.29 is 4.79 Å². The Kier molecular flexibility index (Phi) is 3.49. The van der Waals surface area contributed by atoms with Crippen molar-refractivity contribution in [2.45, 2.75) is 19.4 Å². The summed E-state index contributed by atoms with van der Waals surface area (Å²) in [6.07, 6.45) is 0.902. The van der Waals surface area contributed by atoms with Gasteiger partial charge < -0.3 is 5.32 Å². The van der Waals surface area contributed by atoms with Crippen molar-refractivity contribution in [1.82, 2.24) is 0 Å². The van der Waals surface area contributed by atoms with Crippen LogP contribution in [-0.4, -0.2) is 12.1 Å². The van der Waals surface area contributed by atoms with E-state index in [9.17, 15) is 4.79 Å². The number of para-hydroxylation sites is 2. The monoisotopic (exact) mass is 330 g/mol. The zero-order valence-electron chi connectivity index (χ0n) is 11.1. The van der Waals surface area contributed by atoms with Gasteiger partial charge in [-0.3, -0.25) is 4.90 Å². The van der Waals surface area contributed by atoms with Crippen molar-refractivity contribution in [2.75, 3.05) is 10.2 Å². The molecule has 3 rings (SSSR count). The molecule has 1 aliphatic heterocycles. The fraction of sp³-hybridized carbons (Fsp3) is 0.188. The maximum Gasteiger partial charge on any atom is 0.326 e. The largest absolute Gasteiger partial charge is 0.326 e. The van der Waals surface area contributed by atoms with E-state index in [0.29, 0.717) is 0 Å². The summed E-state index contributed by atoms with van der Waals surface area (Å²) in [7, 11) is 0. The molecule has 3 nitrogen and oxygen atoms in total. The Balaban J connectivity index is 1.86. The number of anilines is 2. The molecule has 1 N–H and O–H groups in total. The Morgan fingerprint density at radius 2 is 1.90 bits per heavy atom. The number of amides is 2. The average Bonchev–Trinajstić information content (AvgIpc) is 2.77. The highest BCUT2D eigenvalue weighted by Gasteiger charge is 2.30. The fourth-order valence-electron chi connectivity index (χ4n) is 2.61. The van der Waals surface area contributed by atoms with E-state index in [4.69, 9.17) is 0 Å². The van der Waals surface area contributed by atoms with Crippen LogP contribution >= 0.6 is 15.9 Å². The van der Waals surface area contributed by atoms with Crippen LogP contribution < -0.4 is 10.2 Å². The van der Waals surface area contributed by atoms with Gasteiger partial charge in [0.2, 0.25) is 0 Å². The van der Waals surface area contributed by atoms with Crippen molar-refractivity contribution in [3.63, 3.8) is 0 Å². The van der Waals surface area contributed by atoms with Crippen LogP contribution in [0.4, 0.5) is 16.2 Å². The first-order valence-corrected chi connectivity index (χ1v) is 7.39. The maximum atomic E-state index is 12.5. The van der Waals surface area contributed by atoms with Gasteiger partial charge in [-0.25, -0.2) is 4.79 Å². The number of nitrogens with one attached hydrogen (secondary N) is 1. The number of fused-ring (bicyclic) bond motifs is 1. The Bertz CT molecular complexity index is 656. The first kappa shape index (κ1) is 13.2. The highest BCUT2D eigenvalue weighted by molar-refractivity contribution is 9.10. The molecule has 20 heavy (non-hydrogen) atoms. The molecule has 1 aliphatic rings. The lowest BCUT2D eigenvalue weighted by atomic mass is 10.1. The minimum atomic E-state index is -0.0886. The number of rotatable bonds is 1. The molecule has 0 bridgehead atoms. The van der Waals surface area contributed by atoms with Crippen molar-refractivity contribution in [3.8, 4) is 0 Å². The molecule has 0 saturated heterocycles. The number of urea groups is 1. The molecule has 0 aliphatic carbocycles. The maximum absolute atomic E-state index is 12.5. The van der Waals surface area contributed by atoms with Crippen LogP contribution in [0.2, 0.25) is 0 Å². The number of carbonyl (C=O) groups is 1. The SMILES string of the molecule is C[C@H]1Cc2ccccc2N1C(=O)Nc1ccccc1Br. The van der Waals surface area contributed by atoms with Crippen molar-refractivity contribution in [3.05, 3.63) is 58.6 Å². The number of carbonyl (C=O) groups excluding carboxylic acids is 1. The number of benzene rings is 2. The summed E-state index contributed by atoms with van der Waals surface area (Å²) in [5, 5.41) is 2.96. The van der Waals surface area contributed by atoms with Crippen molar-refractivity contribution >= 4 is 33.3 Å². The number of hydrogen-bond donors (Lipinski definition) is 1. The summed E-state index contributed by atoms with van der Waals surface area (Å²) < 4.78 is 0.883. The molecule has 0 spiro atoms. The van der Waals surface area contributed by atoms with Crippen LogP contribution in [0.1, 0.15) is 12.5 Å². The van der Waals surface area contributed by atoms with E-state index in [1.54, 1.807) is 0 Å². The number of halogens is 1. The molecular weight excluding hydrogens is 316 g/mol. The molecule has 0 unspecified atom stereocenters. The summed E-state index contributed by atoms with van der Waals surface area (Å²) >= 11 is 3.45. The molecular formula is C16H15BrN2O. The van der Waals surface area contributed by atoms with Gasteiger partial charge in [0.15, 0.2) is 0 Å². The van der Waals surface area contributed by atoms with Gasteiger partial charge in [-0.05, 0) is 53.0 Å². The molecule has 1 atom stereocenters. The van der Waals surface area contributed by atoms with Gasteiger partial charge in [-0.2, -0.15) is 0 Å². The molecule has 2 aromatic rings. The quantitative estimate of drug-likeness (QED) is 0.824. The third-order valence-corrected chi connectivity index (χ3v) is 4.23. The first-order valence-electron chi connectivity index (χ1n) is 6.59. The molecule has 0 saturated carbocycles. The van der Waals surface area contributed by atoms with E-state index in [2.05, 4.69) is 34.2 Å². The average molecular weight is 331 g/mol. The predicted molar refractivity (Wildman–Crippen MR) is 85.2 cm³/mol. The van der Waals surface area contributed by atoms with Crippen LogP contribution in [0.3, 0.4) is 0 Å². The van der Waals surface area contributed by atoms with E-state index in [0.717, 1.165) is 22.3 Å². The third-order valence-electron chi connectivity index (χ3n) is 3.54. The van der Waals surface area contributed by atoms with Crippen LogP contribution in [-0.2, 0) is 6.42 Å². The zero-order valence-corrected chi connectivity index (χ0v) is 12.7. The second-order valence-corrected chi connectivity index (χ2v) is 5.82. The number of hydrogen-bond acceptors (Lipinski definition) is 1. The standard InChI is InChI=1S/C16H15BrN2O/c1-11-10-12-6-2-5-9-15(12)19(11)16(20)18-14-8-4-3-7-13(14)17/h2-9,11H,10H2,1H3,(H,18,20)/t11-/m0/s1. The third kappa shape index (κ3) is 2.31. The topological polar surface area (TPSA) is 32.3 Å². The Hall–Kier alpha value is -1.81. The fourth-order valence-corrected chi connectivity index (χ4v) is 3.00. The molecule has 0 aromatic heterocycles. The summed E-state index contributed by atoms with van der Waals surface area (Å²) in [6, 6.07) is 15.8. The molecule has 102 valence electrons. The van der Waals surface area contributed by atoms with E-state index in [-0.39, 0.29) is 12.1 Å². The lowest BCUT2D eigenvalue weighted by Gasteiger charge is -2.23. The number of nitrogens with zero attached hydrogens (tertiary/aromatic N) is 1. The van der Waals surface area contributed by atoms with E-state index in [1.807, 2.05) is 47.4 Å². The first-order chi connectivity index (χ1) is 9.66. The molecule has 2 aromatic carbocycles. The highest BCUT2D eigenvalue weighted by atomic mass is 79.9. The predicted octanol–water partition coefficient (Wildman–Crippen LogP) is 4.43. The molecule has 0 radical (unpaired) electrons. The van der Waals surface area contributed by atoms with Gasteiger partial charge in [0.25, 0.3) is 0 Å². The zero-order chi connectivity index (χ0) is 14.1. The van der Waals surface area contributed by atoms with Crippen molar-refractivity contribution in [2.24, 2.45) is 0 Å². The normalized spacial score (nSPS) is 16.9. The molecule has 2 amide bonds.